The Morgan fingerprint density at radius 2 is 1.77 bits per heavy atom. The number of nitrogens with zero attached hydrogens (tertiary/aromatic N) is 1. The van der Waals surface area contributed by atoms with E-state index in [2.05, 4.69) is 17.4 Å². The fraction of sp³-hybridized carbons (Fsp3) is 0.458. The lowest BCUT2D eigenvalue weighted by atomic mass is 10.0. The van der Waals surface area contributed by atoms with Gasteiger partial charge in [0.05, 0.1) is 13.0 Å². The van der Waals surface area contributed by atoms with E-state index >= 15 is 0 Å². The van der Waals surface area contributed by atoms with Crippen LogP contribution in [0, 0.1) is 0 Å². The van der Waals surface area contributed by atoms with Crippen LogP contribution in [0.15, 0.2) is 41.3 Å². The monoisotopic (exact) mass is 442 g/mol. The highest BCUT2D eigenvalue weighted by Crippen LogP contribution is 2.31. The zero-order valence-electron chi connectivity index (χ0n) is 18.0. The van der Waals surface area contributed by atoms with Crippen molar-refractivity contribution < 1.29 is 17.9 Å². The molecule has 2 aliphatic rings. The van der Waals surface area contributed by atoms with Gasteiger partial charge in [-0.15, -0.1) is 0 Å². The van der Waals surface area contributed by atoms with Crippen LogP contribution in [0.5, 0.6) is 5.75 Å². The molecule has 0 radical (unpaired) electrons. The third-order valence-corrected chi connectivity index (χ3v) is 7.91. The molecule has 1 N–H and O–H groups in total. The van der Waals surface area contributed by atoms with Gasteiger partial charge in [0, 0.05) is 18.8 Å². The zero-order chi connectivity index (χ0) is 21.8. The molecule has 0 aromatic heterocycles. The first kappa shape index (κ1) is 21.8. The number of rotatable bonds is 7. The molecule has 7 heteroatoms. The van der Waals surface area contributed by atoms with Gasteiger partial charge in [-0.2, -0.15) is 4.31 Å². The topological polar surface area (TPSA) is 75.7 Å². The van der Waals surface area contributed by atoms with E-state index in [4.69, 9.17) is 4.74 Å². The Morgan fingerprint density at radius 3 is 2.55 bits per heavy atom. The average molecular weight is 443 g/mol. The Labute approximate surface area is 184 Å². The van der Waals surface area contributed by atoms with E-state index < -0.39 is 10.0 Å². The molecular weight excluding hydrogens is 412 g/mol. The average Bonchev–Trinajstić information content (AvgIpc) is 3.23. The molecule has 1 fully saturated rings. The summed E-state index contributed by atoms with van der Waals surface area (Å²) in [6.45, 7) is 3.22. The number of anilines is 1. The van der Waals surface area contributed by atoms with Gasteiger partial charge in [-0.05, 0) is 73.9 Å². The minimum atomic E-state index is -3.68. The number of hydrogen-bond donors (Lipinski definition) is 1. The van der Waals surface area contributed by atoms with Crippen molar-refractivity contribution >= 4 is 21.6 Å². The van der Waals surface area contributed by atoms with Crippen molar-refractivity contribution in [3.05, 3.63) is 53.1 Å². The van der Waals surface area contributed by atoms with Crippen molar-refractivity contribution in [2.24, 2.45) is 0 Å². The third kappa shape index (κ3) is 4.93. The normalized spacial score (nSPS) is 16.7. The number of ether oxygens (including phenoxy) is 1. The van der Waals surface area contributed by atoms with Crippen LogP contribution >= 0.6 is 0 Å². The van der Waals surface area contributed by atoms with Crippen molar-refractivity contribution in [3.63, 3.8) is 0 Å². The van der Waals surface area contributed by atoms with E-state index in [1.54, 1.807) is 12.1 Å². The number of piperidine rings is 1. The summed E-state index contributed by atoms with van der Waals surface area (Å²) in [5, 5.41) is 2.87. The summed E-state index contributed by atoms with van der Waals surface area (Å²) in [4.78, 5) is 12.8. The number of amides is 1. The summed E-state index contributed by atoms with van der Waals surface area (Å²) < 4.78 is 33.6. The molecule has 0 unspecified atom stereocenters. The summed E-state index contributed by atoms with van der Waals surface area (Å²) in [5.74, 6) is 0.160. The van der Waals surface area contributed by atoms with E-state index in [0.29, 0.717) is 31.1 Å². The number of carbonyl (C=O) groups is 1. The Hall–Kier alpha value is -2.38. The van der Waals surface area contributed by atoms with E-state index in [9.17, 15) is 13.2 Å². The van der Waals surface area contributed by atoms with E-state index in [0.717, 1.165) is 37.7 Å². The second-order valence-electron chi connectivity index (χ2n) is 8.24. The predicted molar refractivity (Wildman–Crippen MR) is 121 cm³/mol. The second-order valence-corrected chi connectivity index (χ2v) is 10.1. The maximum atomic E-state index is 13.3. The highest BCUT2D eigenvalue weighted by atomic mass is 32.2. The highest BCUT2D eigenvalue weighted by Gasteiger charge is 2.29. The molecule has 2 aromatic rings. The number of carbonyl (C=O) groups excluding carboxylic acids is 1. The lowest BCUT2D eigenvalue weighted by molar-refractivity contribution is -0.115. The molecule has 0 bridgehead atoms. The van der Waals surface area contributed by atoms with Gasteiger partial charge in [0.1, 0.15) is 10.6 Å². The van der Waals surface area contributed by atoms with Crippen LogP contribution in [0.4, 0.5) is 5.69 Å². The molecule has 1 saturated heterocycles. The van der Waals surface area contributed by atoms with E-state index in [-0.39, 0.29) is 17.2 Å². The lowest BCUT2D eigenvalue weighted by Gasteiger charge is -2.27. The number of hydrogen-bond acceptors (Lipinski definition) is 4. The molecule has 1 amide bonds. The summed E-state index contributed by atoms with van der Waals surface area (Å²) in [6, 6.07) is 11.1. The van der Waals surface area contributed by atoms with Crippen molar-refractivity contribution in [1.82, 2.24) is 4.31 Å². The highest BCUT2D eigenvalue weighted by molar-refractivity contribution is 7.89. The Bertz CT molecular complexity index is 1060. The van der Waals surface area contributed by atoms with Crippen molar-refractivity contribution in [3.8, 4) is 5.75 Å². The van der Waals surface area contributed by atoms with Gasteiger partial charge >= 0.3 is 0 Å². The predicted octanol–water partition coefficient (Wildman–Crippen LogP) is 3.93. The Kier molecular flexibility index (Phi) is 6.62. The molecule has 1 aliphatic heterocycles. The number of benzene rings is 2. The fourth-order valence-electron chi connectivity index (χ4n) is 4.43. The van der Waals surface area contributed by atoms with E-state index in [1.807, 2.05) is 13.0 Å². The first-order chi connectivity index (χ1) is 15.0. The summed E-state index contributed by atoms with van der Waals surface area (Å²) in [6.07, 6.45) is 6.38. The van der Waals surface area contributed by atoms with Crippen molar-refractivity contribution in [1.29, 1.82) is 0 Å². The molecule has 166 valence electrons. The van der Waals surface area contributed by atoms with Gasteiger partial charge in [-0.3, -0.25) is 4.79 Å². The number of sulfonamides is 1. The molecule has 0 atom stereocenters. The second kappa shape index (κ2) is 9.40. The minimum Gasteiger partial charge on any atom is -0.492 e. The first-order valence-corrected chi connectivity index (χ1v) is 12.6. The molecule has 31 heavy (non-hydrogen) atoms. The molecule has 0 saturated carbocycles. The molecule has 4 rings (SSSR count). The summed E-state index contributed by atoms with van der Waals surface area (Å²) in [5.41, 5.74) is 4.15. The minimum absolute atomic E-state index is 0.117. The van der Waals surface area contributed by atoms with Crippen LogP contribution < -0.4 is 10.1 Å². The van der Waals surface area contributed by atoms with Gasteiger partial charge in [-0.25, -0.2) is 8.42 Å². The number of fused-ring (bicyclic) bond motifs is 1. The van der Waals surface area contributed by atoms with Gasteiger partial charge in [-0.1, -0.05) is 24.6 Å². The zero-order valence-corrected chi connectivity index (χ0v) is 18.8. The van der Waals surface area contributed by atoms with Crippen LogP contribution in [0.2, 0.25) is 0 Å². The van der Waals surface area contributed by atoms with Crippen LogP contribution in [0.3, 0.4) is 0 Å². The molecule has 0 spiro atoms. The van der Waals surface area contributed by atoms with Crippen LogP contribution in [0.1, 0.15) is 49.3 Å². The maximum absolute atomic E-state index is 13.3. The molecule has 1 aliphatic carbocycles. The molecule has 1 heterocycles. The van der Waals surface area contributed by atoms with Gasteiger partial charge in [0.2, 0.25) is 15.9 Å². The van der Waals surface area contributed by atoms with Crippen LogP contribution in [-0.2, 0) is 34.1 Å². The lowest BCUT2D eigenvalue weighted by Crippen LogP contribution is -2.35. The molecular formula is C24H30N2O4S. The summed E-state index contributed by atoms with van der Waals surface area (Å²) in [7, 11) is -3.68. The Balaban J connectivity index is 1.53. The van der Waals surface area contributed by atoms with Gasteiger partial charge in [0.25, 0.3) is 0 Å². The number of nitrogens with one attached hydrogen (secondary N) is 1. The SMILES string of the molecule is CCOc1ccc(NC(=O)Cc2ccc3c(c2)CCC3)cc1S(=O)(=O)N1CCCCC1. The van der Waals surface area contributed by atoms with E-state index in [1.165, 1.54) is 27.9 Å². The van der Waals surface area contributed by atoms with Gasteiger partial charge in [0.15, 0.2) is 0 Å². The smallest absolute Gasteiger partial charge is 0.246 e. The van der Waals surface area contributed by atoms with Crippen LogP contribution in [0.25, 0.3) is 0 Å². The number of aryl methyl sites for hydroxylation is 2. The van der Waals surface area contributed by atoms with Crippen molar-refractivity contribution in [2.75, 3.05) is 25.0 Å². The fourth-order valence-corrected chi connectivity index (χ4v) is 6.11. The third-order valence-electron chi connectivity index (χ3n) is 5.99. The van der Waals surface area contributed by atoms with Gasteiger partial charge < -0.3 is 10.1 Å². The molecule has 6 nitrogen and oxygen atoms in total. The Morgan fingerprint density at radius 1 is 1.00 bits per heavy atom. The maximum Gasteiger partial charge on any atom is 0.246 e. The molecule has 2 aromatic carbocycles. The van der Waals surface area contributed by atoms with Crippen molar-refractivity contribution in [2.45, 2.75) is 56.8 Å². The largest absolute Gasteiger partial charge is 0.492 e. The quantitative estimate of drug-likeness (QED) is 0.705. The summed E-state index contributed by atoms with van der Waals surface area (Å²) >= 11 is 0. The first-order valence-electron chi connectivity index (χ1n) is 11.1. The van der Waals surface area contributed by atoms with Crippen LogP contribution in [-0.4, -0.2) is 38.3 Å². The standard InChI is InChI=1S/C24H30N2O4S/c1-2-30-22-12-11-21(17-23(22)31(28,29)26-13-4-3-5-14-26)25-24(27)16-18-9-10-19-7-6-8-20(19)15-18/h9-12,15,17H,2-8,13-14,16H2,1H3,(H,25,27).